The molecule has 0 amide bonds. The first-order valence-electron chi connectivity index (χ1n) is 6.65. The number of hydrogen-bond donors (Lipinski definition) is 1. The Morgan fingerprint density at radius 1 is 1.12 bits per heavy atom. The van der Waals surface area contributed by atoms with Crippen LogP contribution in [-0.4, -0.2) is 31.1 Å². The number of hydrogen-bond acceptors (Lipinski definition) is 2. The molecular formula is C15H26N2. The number of nitrogens with one attached hydrogen (secondary N) is 1. The molecule has 0 saturated heterocycles. The molecule has 2 heteroatoms. The molecule has 0 spiro atoms. The molecule has 0 bridgehead atoms. The molecule has 0 aromatic heterocycles. The van der Waals surface area contributed by atoms with Crippen LogP contribution in [0, 0.1) is 0 Å². The second-order valence-electron chi connectivity index (χ2n) is 4.81. The summed E-state index contributed by atoms with van der Waals surface area (Å²) in [5.74, 6) is 0. The van der Waals surface area contributed by atoms with Crippen molar-refractivity contribution in [3.8, 4) is 0 Å². The normalized spacial score (nSPS) is 13.0. The fourth-order valence-electron chi connectivity index (χ4n) is 1.85. The summed E-state index contributed by atoms with van der Waals surface area (Å²) >= 11 is 0. The summed E-state index contributed by atoms with van der Waals surface area (Å²) in [4.78, 5) is 2.33. The number of aryl methyl sites for hydroxylation is 1. The average molecular weight is 234 g/mol. The Morgan fingerprint density at radius 2 is 1.71 bits per heavy atom. The molecule has 96 valence electrons. The molecule has 0 fully saturated rings. The van der Waals surface area contributed by atoms with Crippen LogP contribution < -0.4 is 5.32 Å². The Bertz CT molecular complexity index is 305. The van der Waals surface area contributed by atoms with Crippen LogP contribution in [0.2, 0.25) is 0 Å². The number of rotatable bonds is 7. The molecule has 0 aliphatic heterocycles. The molecule has 1 aromatic carbocycles. The summed E-state index contributed by atoms with van der Waals surface area (Å²) in [6.07, 6.45) is 1.12. The van der Waals surface area contributed by atoms with Crippen molar-refractivity contribution in [1.82, 2.24) is 10.2 Å². The minimum absolute atomic E-state index is 0.533. The van der Waals surface area contributed by atoms with E-state index in [2.05, 4.69) is 62.3 Å². The first kappa shape index (κ1) is 14.2. The Hall–Kier alpha value is -0.860. The van der Waals surface area contributed by atoms with Crippen molar-refractivity contribution in [2.24, 2.45) is 0 Å². The molecule has 17 heavy (non-hydrogen) atoms. The molecule has 0 radical (unpaired) electrons. The minimum atomic E-state index is 0.533. The van der Waals surface area contributed by atoms with Gasteiger partial charge in [-0.3, -0.25) is 0 Å². The highest BCUT2D eigenvalue weighted by Crippen LogP contribution is 2.05. The summed E-state index contributed by atoms with van der Waals surface area (Å²) in [7, 11) is 2.16. The quantitative estimate of drug-likeness (QED) is 0.780. The van der Waals surface area contributed by atoms with Crippen molar-refractivity contribution in [3.63, 3.8) is 0 Å². The first-order chi connectivity index (χ1) is 8.15. The summed E-state index contributed by atoms with van der Waals surface area (Å²) in [6, 6.07) is 9.43. The topological polar surface area (TPSA) is 15.3 Å². The van der Waals surface area contributed by atoms with Crippen LogP contribution in [0.3, 0.4) is 0 Å². The van der Waals surface area contributed by atoms with E-state index in [1.54, 1.807) is 0 Å². The van der Waals surface area contributed by atoms with Crippen molar-refractivity contribution < 1.29 is 0 Å². The second-order valence-corrected chi connectivity index (χ2v) is 4.81. The molecule has 2 nitrogen and oxygen atoms in total. The summed E-state index contributed by atoms with van der Waals surface area (Å²) in [5, 5.41) is 3.56. The van der Waals surface area contributed by atoms with Crippen LogP contribution >= 0.6 is 0 Å². The maximum Gasteiger partial charge on any atom is 0.0208 e. The van der Waals surface area contributed by atoms with E-state index in [1.165, 1.54) is 11.1 Å². The largest absolute Gasteiger partial charge is 0.309 e. The van der Waals surface area contributed by atoms with Gasteiger partial charge in [0.2, 0.25) is 0 Å². The molecule has 1 aromatic rings. The third-order valence-corrected chi connectivity index (χ3v) is 3.21. The smallest absolute Gasteiger partial charge is 0.0208 e. The fourth-order valence-corrected chi connectivity index (χ4v) is 1.85. The van der Waals surface area contributed by atoms with E-state index in [0.717, 1.165) is 26.1 Å². The van der Waals surface area contributed by atoms with Gasteiger partial charge in [0.25, 0.3) is 0 Å². The van der Waals surface area contributed by atoms with Crippen LogP contribution in [0.5, 0.6) is 0 Å². The third-order valence-electron chi connectivity index (χ3n) is 3.21. The highest BCUT2D eigenvalue weighted by atomic mass is 15.1. The van der Waals surface area contributed by atoms with Gasteiger partial charge in [0.1, 0.15) is 0 Å². The predicted molar refractivity (Wildman–Crippen MR) is 75.3 cm³/mol. The van der Waals surface area contributed by atoms with Gasteiger partial charge in [-0.05, 0) is 38.1 Å². The van der Waals surface area contributed by atoms with Gasteiger partial charge in [0, 0.05) is 19.1 Å². The van der Waals surface area contributed by atoms with Gasteiger partial charge in [-0.25, -0.2) is 0 Å². The Morgan fingerprint density at radius 3 is 2.24 bits per heavy atom. The van der Waals surface area contributed by atoms with Gasteiger partial charge in [-0.15, -0.1) is 0 Å². The highest BCUT2D eigenvalue weighted by Gasteiger charge is 2.04. The molecule has 0 heterocycles. The highest BCUT2D eigenvalue weighted by molar-refractivity contribution is 5.22. The molecule has 0 saturated carbocycles. The van der Waals surface area contributed by atoms with Gasteiger partial charge in [-0.2, -0.15) is 0 Å². The van der Waals surface area contributed by atoms with Crippen LogP contribution in [-0.2, 0) is 13.0 Å². The monoisotopic (exact) mass is 234 g/mol. The average Bonchev–Trinajstić information content (AvgIpc) is 2.36. The first-order valence-corrected chi connectivity index (χ1v) is 6.65. The molecule has 1 rings (SSSR count). The molecule has 0 aliphatic rings. The zero-order valence-electron chi connectivity index (χ0n) is 11.7. The third kappa shape index (κ3) is 5.33. The number of likely N-dealkylation sites (N-methyl/N-ethyl adjacent to an activating group) is 1. The van der Waals surface area contributed by atoms with Crippen molar-refractivity contribution in [2.75, 3.05) is 20.1 Å². The van der Waals surface area contributed by atoms with Crippen molar-refractivity contribution >= 4 is 0 Å². The van der Waals surface area contributed by atoms with Crippen LogP contribution in [0.1, 0.15) is 31.9 Å². The number of nitrogens with zero attached hydrogens (tertiary/aromatic N) is 1. The van der Waals surface area contributed by atoms with Crippen LogP contribution in [0.4, 0.5) is 0 Å². The lowest BCUT2D eigenvalue weighted by molar-refractivity contribution is 0.309. The van der Waals surface area contributed by atoms with Crippen LogP contribution in [0.25, 0.3) is 0 Å². The van der Waals surface area contributed by atoms with E-state index in [4.69, 9.17) is 0 Å². The van der Waals surface area contributed by atoms with E-state index >= 15 is 0 Å². The van der Waals surface area contributed by atoms with E-state index < -0.39 is 0 Å². The number of benzene rings is 1. The Labute approximate surface area is 106 Å². The maximum absolute atomic E-state index is 3.56. The minimum Gasteiger partial charge on any atom is -0.309 e. The lowest BCUT2D eigenvalue weighted by Gasteiger charge is -2.20. The Kier molecular flexibility index (Phi) is 6.23. The predicted octanol–water partition coefficient (Wildman–Crippen LogP) is 2.68. The molecule has 0 aliphatic carbocycles. The molecule has 1 unspecified atom stereocenters. The van der Waals surface area contributed by atoms with Crippen molar-refractivity contribution in [1.29, 1.82) is 0 Å². The Balaban J connectivity index is 2.34. The summed E-state index contributed by atoms with van der Waals surface area (Å²) in [6.45, 7) is 9.79. The molecule has 1 N–H and O–H groups in total. The second kappa shape index (κ2) is 7.46. The van der Waals surface area contributed by atoms with Gasteiger partial charge < -0.3 is 10.2 Å². The molecular weight excluding hydrogens is 208 g/mol. The van der Waals surface area contributed by atoms with Gasteiger partial charge >= 0.3 is 0 Å². The standard InChI is InChI=1S/C15H26N2/c1-5-14-7-9-15(10-8-14)11-16-13(3)12-17(4)6-2/h7-10,13,16H,5-6,11-12H2,1-4H3. The van der Waals surface area contributed by atoms with E-state index in [1.807, 2.05) is 0 Å². The van der Waals surface area contributed by atoms with E-state index in [9.17, 15) is 0 Å². The zero-order chi connectivity index (χ0) is 12.7. The lowest BCUT2D eigenvalue weighted by Crippen LogP contribution is -2.36. The summed E-state index contributed by atoms with van der Waals surface area (Å²) < 4.78 is 0. The van der Waals surface area contributed by atoms with Crippen molar-refractivity contribution in [2.45, 2.75) is 39.8 Å². The summed E-state index contributed by atoms with van der Waals surface area (Å²) in [5.41, 5.74) is 2.78. The van der Waals surface area contributed by atoms with Gasteiger partial charge in [-0.1, -0.05) is 38.1 Å². The zero-order valence-corrected chi connectivity index (χ0v) is 11.7. The fraction of sp³-hybridized carbons (Fsp3) is 0.600. The van der Waals surface area contributed by atoms with Crippen molar-refractivity contribution in [3.05, 3.63) is 35.4 Å². The molecule has 1 atom stereocenters. The lowest BCUT2D eigenvalue weighted by atomic mass is 10.1. The van der Waals surface area contributed by atoms with Crippen LogP contribution in [0.15, 0.2) is 24.3 Å². The van der Waals surface area contributed by atoms with Gasteiger partial charge in [0.05, 0.1) is 0 Å². The van der Waals surface area contributed by atoms with E-state index in [0.29, 0.717) is 6.04 Å². The maximum atomic E-state index is 3.56. The van der Waals surface area contributed by atoms with Gasteiger partial charge in [0.15, 0.2) is 0 Å². The SMILES string of the molecule is CCc1ccc(CNC(C)CN(C)CC)cc1. The van der Waals surface area contributed by atoms with E-state index in [-0.39, 0.29) is 0 Å².